The summed E-state index contributed by atoms with van der Waals surface area (Å²) in [6, 6.07) is 0. The zero-order chi connectivity index (χ0) is 17.3. The molecular formula is C14H26O7S. The predicted octanol–water partition coefficient (Wildman–Crippen LogP) is 1.81. The number of carbonyl (C=O) groups is 2. The Hall–Kier alpha value is -1.15. The molecule has 22 heavy (non-hydrogen) atoms. The molecule has 8 heteroatoms. The highest BCUT2D eigenvalue weighted by molar-refractivity contribution is 7.87. The average Bonchev–Trinajstić information content (AvgIpc) is 2.33. The number of hydrogen-bond donors (Lipinski definition) is 1. The molecule has 0 aliphatic heterocycles. The lowest BCUT2D eigenvalue weighted by molar-refractivity contribution is -0.150. The Morgan fingerprint density at radius 1 is 0.955 bits per heavy atom. The van der Waals surface area contributed by atoms with Crippen LogP contribution < -0.4 is 0 Å². The van der Waals surface area contributed by atoms with Crippen LogP contribution in [-0.4, -0.2) is 43.4 Å². The molecule has 0 aromatic heterocycles. The zero-order valence-corrected chi connectivity index (χ0v) is 14.4. The number of carbonyl (C=O) groups excluding carboxylic acids is 2. The molecule has 0 unspecified atom stereocenters. The normalized spacial score (nSPS) is 13.2. The summed E-state index contributed by atoms with van der Waals surface area (Å²) in [7, 11) is -4.73. The SMILES string of the molecule is CC(C)CCOC(=O)C[C@H](C(=O)OCCC(C)C)S(=O)(=O)O. The summed E-state index contributed by atoms with van der Waals surface area (Å²) >= 11 is 0. The van der Waals surface area contributed by atoms with Crippen molar-refractivity contribution >= 4 is 22.1 Å². The van der Waals surface area contributed by atoms with E-state index < -0.39 is 33.7 Å². The highest BCUT2D eigenvalue weighted by Gasteiger charge is 2.35. The topological polar surface area (TPSA) is 107 Å². The van der Waals surface area contributed by atoms with Crippen LogP contribution in [-0.2, 0) is 29.2 Å². The van der Waals surface area contributed by atoms with Crippen LogP contribution in [0.5, 0.6) is 0 Å². The summed E-state index contributed by atoms with van der Waals surface area (Å²) in [6.45, 7) is 7.89. The summed E-state index contributed by atoms with van der Waals surface area (Å²) in [4.78, 5) is 23.3. The highest BCUT2D eigenvalue weighted by Crippen LogP contribution is 2.10. The Bertz CT molecular complexity index is 454. The van der Waals surface area contributed by atoms with E-state index in [1.807, 2.05) is 27.7 Å². The fourth-order valence-electron chi connectivity index (χ4n) is 1.42. The smallest absolute Gasteiger partial charge is 0.327 e. The zero-order valence-electron chi connectivity index (χ0n) is 13.6. The van der Waals surface area contributed by atoms with Gasteiger partial charge in [-0.3, -0.25) is 14.1 Å². The van der Waals surface area contributed by atoms with Gasteiger partial charge in [-0.15, -0.1) is 0 Å². The number of esters is 2. The van der Waals surface area contributed by atoms with Gasteiger partial charge in [0.1, 0.15) is 0 Å². The van der Waals surface area contributed by atoms with Crippen LogP contribution in [0.15, 0.2) is 0 Å². The number of ether oxygens (including phenoxy) is 2. The Morgan fingerprint density at radius 3 is 1.82 bits per heavy atom. The lowest BCUT2D eigenvalue weighted by atomic mass is 10.1. The van der Waals surface area contributed by atoms with Crippen molar-refractivity contribution < 1.29 is 32.0 Å². The van der Waals surface area contributed by atoms with Gasteiger partial charge in [-0.25, -0.2) is 0 Å². The van der Waals surface area contributed by atoms with E-state index in [2.05, 4.69) is 0 Å². The highest BCUT2D eigenvalue weighted by atomic mass is 32.2. The third kappa shape index (κ3) is 9.73. The second-order valence-corrected chi connectivity index (χ2v) is 7.56. The van der Waals surface area contributed by atoms with Crippen molar-refractivity contribution in [1.29, 1.82) is 0 Å². The molecule has 0 bridgehead atoms. The lowest BCUT2D eigenvalue weighted by Crippen LogP contribution is -2.34. The van der Waals surface area contributed by atoms with E-state index in [9.17, 15) is 18.0 Å². The van der Waals surface area contributed by atoms with Gasteiger partial charge in [-0.2, -0.15) is 8.42 Å². The van der Waals surface area contributed by atoms with Crippen LogP contribution in [0.3, 0.4) is 0 Å². The van der Waals surface area contributed by atoms with Crippen molar-refractivity contribution in [2.24, 2.45) is 11.8 Å². The molecule has 0 saturated heterocycles. The first-order valence-corrected chi connectivity index (χ1v) is 8.83. The molecule has 0 radical (unpaired) electrons. The second-order valence-electron chi connectivity index (χ2n) is 5.96. The second kappa shape index (κ2) is 9.78. The standard InChI is InChI=1S/C14H26O7S/c1-10(2)5-7-20-13(15)9-12(22(17,18)19)14(16)21-8-6-11(3)4/h10-12H,5-9H2,1-4H3,(H,17,18,19)/t12-/m1/s1. The van der Waals surface area contributed by atoms with Crippen molar-refractivity contribution in [3.8, 4) is 0 Å². The first-order valence-electron chi connectivity index (χ1n) is 7.32. The molecule has 0 amide bonds. The molecule has 7 nitrogen and oxygen atoms in total. The first kappa shape index (κ1) is 20.9. The summed E-state index contributed by atoms with van der Waals surface area (Å²) < 4.78 is 41.2. The van der Waals surface area contributed by atoms with Crippen molar-refractivity contribution in [2.45, 2.75) is 52.2 Å². The van der Waals surface area contributed by atoms with Gasteiger partial charge in [0.05, 0.1) is 19.6 Å². The molecule has 130 valence electrons. The molecule has 0 heterocycles. The Kier molecular flexibility index (Phi) is 9.27. The summed E-state index contributed by atoms with van der Waals surface area (Å²) in [5, 5.41) is -1.94. The lowest BCUT2D eigenvalue weighted by Gasteiger charge is -2.14. The maximum Gasteiger partial charge on any atom is 0.327 e. The molecule has 0 aliphatic rings. The van der Waals surface area contributed by atoms with Crippen molar-refractivity contribution in [3.63, 3.8) is 0 Å². The van der Waals surface area contributed by atoms with E-state index in [1.165, 1.54) is 0 Å². The van der Waals surface area contributed by atoms with E-state index in [4.69, 9.17) is 14.0 Å². The minimum absolute atomic E-state index is 0.0327. The minimum atomic E-state index is -4.73. The minimum Gasteiger partial charge on any atom is -0.466 e. The monoisotopic (exact) mass is 338 g/mol. The van der Waals surface area contributed by atoms with Gasteiger partial charge in [-0.1, -0.05) is 27.7 Å². The van der Waals surface area contributed by atoms with Gasteiger partial charge < -0.3 is 9.47 Å². The van der Waals surface area contributed by atoms with Crippen molar-refractivity contribution in [3.05, 3.63) is 0 Å². The Labute approximate surface area is 132 Å². The van der Waals surface area contributed by atoms with Gasteiger partial charge in [0.2, 0.25) is 0 Å². The van der Waals surface area contributed by atoms with Crippen LogP contribution in [0.1, 0.15) is 47.0 Å². The summed E-state index contributed by atoms with van der Waals surface area (Å²) in [5.74, 6) is -1.39. The molecule has 0 spiro atoms. The molecule has 0 aliphatic carbocycles. The Morgan fingerprint density at radius 2 is 1.41 bits per heavy atom. The van der Waals surface area contributed by atoms with Gasteiger partial charge >= 0.3 is 11.9 Å². The van der Waals surface area contributed by atoms with E-state index in [-0.39, 0.29) is 19.1 Å². The Balaban J connectivity index is 4.53. The first-order chi connectivity index (χ1) is 10.0. The molecule has 0 saturated carbocycles. The van der Waals surface area contributed by atoms with Gasteiger partial charge in [-0.05, 0) is 24.7 Å². The van der Waals surface area contributed by atoms with Crippen LogP contribution in [0.4, 0.5) is 0 Å². The van der Waals surface area contributed by atoms with Gasteiger partial charge in [0, 0.05) is 0 Å². The fraction of sp³-hybridized carbons (Fsp3) is 0.857. The molecule has 1 atom stereocenters. The predicted molar refractivity (Wildman–Crippen MR) is 80.8 cm³/mol. The average molecular weight is 338 g/mol. The van der Waals surface area contributed by atoms with E-state index >= 15 is 0 Å². The molecule has 0 fully saturated rings. The quantitative estimate of drug-likeness (QED) is 0.478. The summed E-state index contributed by atoms with van der Waals surface area (Å²) in [6.07, 6.45) is 0.432. The number of rotatable bonds is 10. The third-order valence-electron chi connectivity index (χ3n) is 2.87. The molecule has 0 rings (SSSR count). The van der Waals surface area contributed by atoms with E-state index in [0.29, 0.717) is 18.8 Å². The van der Waals surface area contributed by atoms with Crippen molar-refractivity contribution in [2.75, 3.05) is 13.2 Å². The largest absolute Gasteiger partial charge is 0.466 e. The third-order valence-corrected chi connectivity index (χ3v) is 3.95. The van der Waals surface area contributed by atoms with Gasteiger partial charge in [0.15, 0.2) is 5.25 Å². The molecule has 1 N–H and O–H groups in total. The fourth-order valence-corrected chi connectivity index (χ4v) is 2.08. The van der Waals surface area contributed by atoms with Crippen LogP contribution >= 0.6 is 0 Å². The van der Waals surface area contributed by atoms with Crippen molar-refractivity contribution in [1.82, 2.24) is 0 Å². The van der Waals surface area contributed by atoms with E-state index in [1.54, 1.807) is 0 Å². The van der Waals surface area contributed by atoms with Gasteiger partial charge in [0.25, 0.3) is 10.1 Å². The maximum atomic E-state index is 11.7. The maximum absolute atomic E-state index is 11.7. The molecule has 0 aromatic rings. The number of hydrogen-bond acceptors (Lipinski definition) is 6. The van der Waals surface area contributed by atoms with Crippen LogP contribution in [0, 0.1) is 11.8 Å². The van der Waals surface area contributed by atoms with Crippen LogP contribution in [0.25, 0.3) is 0 Å². The summed E-state index contributed by atoms with van der Waals surface area (Å²) in [5.41, 5.74) is 0. The van der Waals surface area contributed by atoms with Crippen LogP contribution in [0.2, 0.25) is 0 Å². The molecular weight excluding hydrogens is 312 g/mol. The molecule has 0 aromatic carbocycles. The van der Waals surface area contributed by atoms with E-state index in [0.717, 1.165) is 0 Å².